The number of hydrogen-bond donors (Lipinski definition) is 0. The van der Waals surface area contributed by atoms with E-state index in [-0.39, 0.29) is 0 Å². The van der Waals surface area contributed by atoms with E-state index in [0.29, 0.717) is 25.9 Å². The molecule has 1 rings (SSSR count). The molecule has 0 aromatic rings. The molecule has 0 saturated heterocycles. The SMILES string of the molecule is CCO[Si](CCC=NC1CCCCC1)(OCC)OCC. The van der Waals surface area contributed by atoms with Gasteiger partial charge in [-0.3, -0.25) is 4.99 Å². The Labute approximate surface area is 125 Å². The van der Waals surface area contributed by atoms with E-state index in [4.69, 9.17) is 18.3 Å². The van der Waals surface area contributed by atoms with E-state index in [1.165, 1.54) is 32.1 Å². The van der Waals surface area contributed by atoms with Crippen LogP contribution in [0.25, 0.3) is 0 Å². The standard InChI is InChI=1S/C15H31NO3Si/c1-4-17-20(18-5-2,19-6-3)14-10-13-16-15-11-8-7-9-12-15/h13,15H,4-12,14H2,1-3H3. The fraction of sp³-hybridized carbons (Fsp3) is 0.933. The number of nitrogens with zero attached hydrogens (tertiary/aromatic N) is 1. The third-order valence-corrected chi connectivity index (χ3v) is 6.65. The van der Waals surface area contributed by atoms with Crippen LogP contribution in [0.3, 0.4) is 0 Å². The largest absolute Gasteiger partial charge is 0.501 e. The first kappa shape index (κ1) is 17.8. The first-order valence-electron chi connectivity index (χ1n) is 8.19. The van der Waals surface area contributed by atoms with Crippen molar-refractivity contribution >= 4 is 15.0 Å². The molecule has 0 N–H and O–H groups in total. The molecule has 0 aliphatic heterocycles. The predicted octanol–water partition coefficient (Wildman–Crippen LogP) is 3.83. The van der Waals surface area contributed by atoms with Crippen molar-refractivity contribution in [2.75, 3.05) is 19.8 Å². The van der Waals surface area contributed by atoms with Crippen LogP contribution in [0.15, 0.2) is 4.99 Å². The van der Waals surface area contributed by atoms with Crippen LogP contribution in [0.1, 0.15) is 59.3 Å². The molecule has 1 fully saturated rings. The number of hydrogen-bond acceptors (Lipinski definition) is 4. The van der Waals surface area contributed by atoms with Crippen molar-refractivity contribution in [3.63, 3.8) is 0 Å². The summed E-state index contributed by atoms with van der Waals surface area (Å²) in [5.74, 6) is 0. The van der Waals surface area contributed by atoms with Gasteiger partial charge in [0.25, 0.3) is 0 Å². The van der Waals surface area contributed by atoms with Crippen molar-refractivity contribution < 1.29 is 13.3 Å². The van der Waals surface area contributed by atoms with Crippen molar-refractivity contribution in [2.24, 2.45) is 4.99 Å². The van der Waals surface area contributed by atoms with Gasteiger partial charge < -0.3 is 13.3 Å². The van der Waals surface area contributed by atoms with Gasteiger partial charge in [-0.25, -0.2) is 0 Å². The van der Waals surface area contributed by atoms with Crippen LogP contribution < -0.4 is 0 Å². The molecule has 0 unspecified atom stereocenters. The highest BCUT2D eigenvalue weighted by molar-refractivity contribution is 6.60. The second kappa shape index (κ2) is 10.5. The zero-order valence-electron chi connectivity index (χ0n) is 13.4. The molecule has 0 aromatic carbocycles. The molecule has 4 nitrogen and oxygen atoms in total. The highest BCUT2D eigenvalue weighted by Gasteiger charge is 2.39. The summed E-state index contributed by atoms with van der Waals surface area (Å²) in [6.45, 7) is 7.92. The molecule has 0 radical (unpaired) electrons. The Kier molecular flexibility index (Phi) is 9.34. The van der Waals surface area contributed by atoms with Gasteiger partial charge in [0.15, 0.2) is 0 Å². The van der Waals surface area contributed by atoms with Crippen LogP contribution in [-0.2, 0) is 13.3 Å². The molecule has 20 heavy (non-hydrogen) atoms. The first-order valence-corrected chi connectivity index (χ1v) is 10.1. The van der Waals surface area contributed by atoms with E-state index in [2.05, 4.69) is 6.21 Å². The van der Waals surface area contributed by atoms with Crippen molar-refractivity contribution in [3.8, 4) is 0 Å². The predicted molar refractivity (Wildman–Crippen MR) is 85.4 cm³/mol. The van der Waals surface area contributed by atoms with Crippen LogP contribution in [0.5, 0.6) is 0 Å². The van der Waals surface area contributed by atoms with Gasteiger partial charge in [-0.1, -0.05) is 19.3 Å². The Balaban J connectivity index is 2.41. The monoisotopic (exact) mass is 301 g/mol. The maximum atomic E-state index is 5.84. The molecule has 118 valence electrons. The molecular formula is C15H31NO3Si. The summed E-state index contributed by atoms with van der Waals surface area (Å²) in [5.41, 5.74) is 0. The molecular weight excluding hydrogens is 270 g/mol. The Hall–Kier alpha value is -0.233. The quantitative estimate of drug-likeness (QED) is 0.455. The van der Waals surface area contributed by atoms with E-state index < -0.39 is 8.80 Å². The van der Waals surface area contributed by atoms with Gasteiger partial charge in [0.05, 0.1) is 0 Å². The normalized spacial score (nSPS) is 17.9. The molecule has 1 aliphatic rings. The maximum Gasteiger partial charge on any atom is 0.501 e. The summed E-state index contributed by atoms with van der Waals surface area (Å²) in [5, 5.41) is 0. The van der Waals surface area contributed by atoms with Crippen LogP contribution >= 0.6 is 0 Å². The Bertz CT molecular complexity index is 251. The second-order valence-corrected chi connectivity index (χ2v) is 7.88. The van der Waals surface area contributed by atoms with Crippen molar-refractivity contribution in [1.29, 1.82) is 0 Å². The fourth-order valence-electron chi connectivity index (χ4n) is 2.70. The van der Waals surface area contributed by atoms with Gasteiger partial charge in [-0.2, -0.15) is 0 Å². The minimum atomic E-state index is -2.47. The average molecular weight is 302 g/mol. The Morgan fingerprint density at radius 1 is 0.950 bits per heavy atom. The molecule has 0 aromatic heterocycles. The van der Waals surface area contributed by atoms with Gasteiger partial charge in [-0.05, 0) is 46.2 Å². The third kappa shape index (κ3) is 6.48. The Morgan fingerprint density at radius 3 is 2.00 bits per heavy atom. The summed E-state index contributed by atoms with van der Waals surface area (Å²) in [7, 11) is -2.47. The van der Waals surface area contributed by atoms with Crippen LogP contribution in [0.2, 0.25) is 6.04 Å². The Morgan fingerprint density at radius 2 is 1.50 bits per heavy atom. The summed E-state index contributed by atoms with van der Waals surface area (Å²) in [6, 6.07) is 1.38. The lowest BCUT2D eigenvalue weighted by atomic mass is 9.96. The molecule has 0 amide bonds. The van der Waals surface area contributed by atoms with Gasteiger partial charge in [0, 0.05) is 31.9 Å². The zero-order valence-corrected chi connectivity index (χ0v) is 14.4. The van der Waals surface area contributed by atoms with Gasteiger partial charge in [-0.15, -0.1) is 0 Å². The summed E-state index contributed by atoms with van der Waals surface area (Å²) < 4.78 is 17.5. The topological polar surface area (TPSA) is 40.0 Å². The summed E-state index contributed by atoms with van der Waals surface area (Å²) in [4.78, 5) is 4.70. The lowest BCUT2D eigenvalue weighted by Crippen LogP contribution is -2.46. The van der Waals surface area contributed by atoms with E-state index in [1.807, 2.05) is 20.8 Å². The fourth-order valence-corrected chi connectivity index (χ4v) is 5.18. The van der Waals surface area contributed by atoms with E-state index >= 15 is 0 Å². The van der Waals surface area contributed by atoms with Crippen LogP contribution in [-0.4, -0.2) is 40.9 Å². The summed E-state index contributed by atoms with van der Waals surface area (Å²) >= 11 is 0. The highest BCUT2D eigenvalue weighted by Crippen LogP contribution is 2.21. The third-order valence-electron chi connectivity index (χ3n) is 3.56. The maximum absolute atomic E-state index is 5.84. The van der Waals surface area contributed by atoms with Gasteiger partial charge in [0.1, 0.15) is 0 Å². The summed E-state index contributed by atoms with van der Waals surface area (Å²) in [6.07, 6.45) is 9.50. The first-order chi connectivity index (χ1) is 9.76. The molecule has 0 bridgehead atoms. The van der Waals surface area contributed by atoms with Crippen molar-refractivity contribution in [2.45, 2.75) is 71.4 Å². The lowest BCUT2D eigenvalue weighted by Gasteiger charge is -2.28. The van der Waals surface area contributed by atoms with Crippen molar-refractivity contribution in [3.05, 3.63) is 0 Å². The second-order valence-electron chi connectivity index (χ2n) is 5.14. The lowest BCUT2D eigenvalue weighted by molar-refractivity contribution is 0.0719. The average Bonchev–Trinajstić information content (AvgIpc) is 2.46. The van der Waals surface area contributed by atoms with E-state index in [9.17, 15) is 0 Å². The van der Waals surface area contributed by atoms with Crippen molar-refractivity contribution in [1.82, 2.24) is 0 Å². The molecule has 0 heterocycles. The molecule has 0 atom stereocenters. The molecule has 1 saturated carbocycles. The number of rotatable bonds is 10. The highest BCUT2D eigenvalue weighted by atomic mass is 28.4. The molecule has 1 aliphatic carbocycles. The zero-order chi connectivity index (χ0) is 14.7. The van der Waals surface area contributed by atoms with Crippen LogP contribution in [0.4, 0.5) is 0 Å². The molecule has 5 heteroatoms. The van der Waals surface area contributed by atoms with Gasteiger partial charge in [0.2, 0.25) is 0 Å². The van der Waals surface area contributed by atoms with E-state index in [1.54, 1.807) is 0 Å². The smallest absolute Gasteiger partial charge is 0.374 e. The molecule has 0 spiro atoms. The van der Waals surface area contributed by atoms with E-state index in [0.717, 1.165) is 12.5 Å². The van der Waals surface area contributed by atoms with Gasteiger partial charge >= 0.3 is 8.80 Å². The number of aliphatic imine (C=N–C) groups is 1. The minimum absolute atomic E-state index is 0.547. The van der Waals surface area contributed by atoms with Crippen LogP contribution in [0, 0.1) is 0 Å². The minimum Gasteiger partial charge on any atom is -0.374 e.